The zero-order valence-corrected chi connectivity index (χ0v) is 18.2. The summed E-state index contributed by atoms with van der Waals surface area (Å²) in [6.45, 7) is 3.14. The largest absolute Gasteiger partial charge is 0.390 e. The first-order valence-corrected chi connectivity index (χ1v) is 12.4. The van der Waals surface area contributed by atoms with Crippen LogP contribution in [0.15, 0.2) is 0 Å². The predicted molar refractivity (Wildman–Crippen MR) is 113 cm³/mol. The summed E-state index contributed by atoms with van der Waals surface area (Å²) in [7, 11) is 0. The number of ether oxygens (including phenoxy) is 3. The first-order chi connectivity index (χ1) is 13.8. The van der Waals surface area contributed by atoms with Gasteiger partial charge < -0.3 is 19.3 Å². The van der Waals surface area contributed by atoms with Crippen molar-refractivity contribution in [3.8, 4) is 0 Å². The molecule has 3 saturated heterocycles. The molecule has 3 heterocycles. The number of hydrogen-bond donors (Lipinski definition) is 1. The smallest absolute Gasteiger partial charge is 0.107 e. The van der Waals surface area contributed by atoms with Crippen molar-refractivity contribution >= 4 is 0 Å². The van der Waals surface area contributed by atoms with Crippen LogP contribution in [0.1, 0.15) is 110 Å². The van der Waals surface area contributed by atoms with Crippen LogP contribution in [0.4, 0.5) is 0 Å². The van der Waals surface area contributed by atoms with Crippen LogP contribution in [0.2, 0.25) is 0 Å². The quantitative estimate of drug-likeness (QED) is 0.309. The van der Waals surface area contributed by atoms with Gasteiger partial charge in [-0.2, -0.15) is 0 Å². The molecule has 0 aliphatic carbocycles. The Morgan fingerprint density at radius 2 is 1.29 bits per heavy atom. The Morgan fingerprint density at radius 1 is 0.714 bits per heavy atom. The molecule has 3 rings (SSSR count). The van der Waals surface area contributed by atoms with Crippen molar-refractivity contribution in [2.24, 2.45) is 0 Å². The van der Waals surface area contributed by atoms with Gasteiger partial charge in [0, 0.05) is 0 Å². The van der Waals surface area contributed by atoms with Crippen molar-refractivity contribution < 1.29 is 19.3 Å². The molecule has 0 aromatic heterocycles. The van der Waals surface area contributed by atoms with Gasteiger partial charge in [-0.3, -0.25) is 0 Å². The maximum absolute atomic E-state index is 10.6. The fraction of sp³-hybridized carbons (Fsp3) is 1.00. The van der Waals surface area contributed by atoms with Gasteiger partial charge in [-0.05, 0) is 38.5 Å². The highest BCUT2D eigenvalue weighted by atomic mass is 16.6. The van der Waals surface area contributed by atoms with Crippen molar-refractivity contribution in [1.29, 1.82) is 0 Å². The molecule has 0 radical (unpaired) electrons. The zero-order valence-electron chi connectivity index (χ0n) is 18.2. The van der Waals surface area contributed by atoms with Crippen LogP contribution < -0.4 is 0 Å². The van der Waals surface area contributed by atoms with E-state index >= 15 is 0 Å². The maximum atomic E-state index is 10.6. The summed E-state index contributed by atoms with van der Waals surface area (Å²) in [4.78, 5) is 0. The van der Waals surface area contributed by atoms with E-state index in [4.69, 9.17) is 14.2 Å². The molecule has 1 N–H and O–H groups in total. The summed E-state index contributed by atoms with van der Waals surface area (Å²) in [6.07, 6.45) is 20.4. The van der Waals surface area contributed by atoms with Gasteiger partial charge in [0.25, 0.3) is 0 Å². The Balaban J connectivity index is 1.20. The molecule has 164 valence electrons. The standard InChI is InChI=1S/C24H44O4/c1-2-3-4-5-6-7-8-9-10-11-13-19(25)20-16-17-23(27-20)21-14-12-15-22(28-21)24-18-26-24/h19-25H,2-18H2,1H3/t19-,20-,21-,22+,23-,24+/m1/s1. The molecule has 3 aliphatic rings. The van der Waals surface area contributed by atoms with E-state index in [2.05, 4.69) is 6.92 Å². The van der Waals surface area contributed by atoms with Crippen molar-refractivity contribution in [2.75, 3.05) is 6.61 Å². The van der Waals surface area contributed by atoms with Crippen LogP contribution >= 0.6 is 0 Å². The lowest BCUT2D eigenvalue weighted by Crippen LogP contribution is -2.39. The molecule has 4 heteroatoms. The summed E-state index contributed by atoms with van der Waals surface area (Å²) >= 11 is 0. The first-order valence-electron chi connectivity index (χ1n) is 12.4. The van der Waals surface area contributed by atoms with Crippen LogP contribution in [0, 0.1) is 0 Å². The van der Waals surface area contributed by atoms with Gasteiger partial charge in [-0.1, -0.05) is 71.1 Å². The van der Waals surface area contributed by atoms with Crippen LogP contribution in [0.3, 0.4) is 0 Å². The Bertz CT molecular complexity index is 411. The molecule has 0 saturated carbocycles. The molecule has 0 aromatic rings. The second kappa shape index (κ2) is 12.5. The minimum atomic E-state index is -0.301. The van der Waals surface area contributed by atoms with Crippen LogP contribution in [-0.4, -0.2) is 48.3 Å². The molecular formula is C24H44O4. The summed E-state index contributed by atoms with van der Waals surface area (Å²) in [6, 6.07) is 0. The van der Waals surface area contributed by atoms with E-state index in [1.807, 2.05) is 0 Å². The lowest BCUT2D eigenvalue weighted by molar-refractivity contribution is -0.138. The van der Waals surface area contributed by atoms with Gasteiger partial charge in [-0.15, -0.1) is 0 Å². The maximum Gasteiger partial charge on any atom is 0.107 e. The number of unbranched alkanes of at least 4 members (excludes halogenated alkanes) is 9. The minimum Gasteiger partial charge on any atom is -0.390 e. The Labute approximate surface area is 172 Å². The fourth-order valence-corrected chi connectivity index (χ4v) is 4.97. The number of hydrogen-bond acceptors (Lipinski definition) is 4. The van der Waals surface area contributed by atoms with E-state index in [9.17, 15) is 5.11 Å². The number of aliphatic hydroxyl groups excluding tert-OH is 1. The molecular weight excluding hydrogens is 352 g/mol. The fourth-order valence-electron chi connectivity index (χ4n) is 4.97. The molecule has 3 aliphatic heterocycles. The molecule has 28 heavy (non-hydrogen) atoms. The molecule has 0 aromatic carbocycles. The number of rotatable bonds is 14. The van der Waals surface area contributed by atoms with E-state index < -0.39 is 0 Å². The van der Waals surface area contributed by atoms with Crippen molar-refractivity contribution in [1.82, 2.24) is 0 Å². The van der Waals surface area contributed by atoms with Gasteiger partial charge in [0.05, 0.1) is 37.1 Å². The minimum absolute atomic E-state index is 0.0183. The lowest BCUT2D eigenvalue weighted by Gasteiger charge is -2.33. The number of epoxide rings is 1. The van der Waals surface area contributed by atoms with Gasteiger partial charge in [0.15, 0.2) is 0 Å². The highest BCUT2D eigenvalue weighted by Crippen LogP contribution is 2.35. The van der Waals surface area contributed by atoms with Crippen molar-refractivity contribution in [2.45, 2.75) is 146 Å². The third-order valence-corrected chi connectivity index (χ3v) is 6.88. The van der Waals surface area contributed by atoms with Gasteiger partial charge in [-0.25, -0.2) is 0 Å². The summed E-state index contributed by atoms with van der Waals surface area (Å²) < 4.78 is 17.9. The molecule has 0 amide bonds. The SMILES string of the molecule is CCCCCCCCCCCC[C@@H](O)[C@H]1CC[C@H]([C@H]2CCC[C@@H]([C@@H]3CO3)O2)O1. The second-order valence-electron chi connectivity index (χ2n) is 9.34. The summed E-state index contributed by atoms with van der Waals surface area (Å²) in [5, 5.41) is 10.6. The monoisotopic (exact) mass is 396 g/mol. The van der Waals surface area contributed by atoms with Crippen molar-refractivity contribution in [3.63, 3.8) is 0 Å². The van der Waals surface area contributed by atoms with E-state index in [-0.39, 0.29) is 30.5 Å². The first kappa shape index (κ1) is 22.5. The average Bonchev–Trinajstić information content (AvgIpc) is 3.45. The highest BCUT2D eigenvalue weighted by Gasteiger charge is 2.42. The van der Waals surface area contributed by atoms with E-state index in [0.29, 0.717) is 6.10 Å². The van der Waals surface area contributed by atoms with Crippen molar-refractivity contribution in [3.05, 3.63) is 0 Å². The number of aliphatic hydroxyl groups is 1. The molecule has 0 bridgehead atoms. The second-order valence-corrected chi connectivity index (χ2v) is 9.34. The molecule has 0 unspecified atom stereocenters. The molecule has 4 nitrogen and oxygen atoms in total. The van der Waals surface area contributed by atoms with Crippen LogP contribution in [0.5, 0.6) is 0 Å². The summed E-state index contributed by atoms with van der Waals surface area (Å²) in [5.41, 5.74) is 0. The third kappa shape index (κ3) is 7.59. The zero-order chi connectivity index (χ0) is 19.6. The molecule has 6 atom stereocenters. The van der Waals surface area contributed by atoms with Crippen LogP contribution in [-0.2, 0) is 14.2 Å². The molecule has 3 fully saturated rings. The van der Waals surface area contributed by atoms with Crippen LogP contribution in [0.25, 0.3) is 0 Å². The Kier molecular flexibility index (Phi) is 10.1. The third-order valence-electron chi connectivity index (χ3n) is 6.88. The van der Waals surface area contributed by atoms with Gasteiger partial charge in [0.1, 0.15) is 6.10 Å². The predicted octanol–water partition coefficient (Wildman–Crippen LogP) is 5.54. The Hall–Kier alpha value is -0.160. The van der Waals surface area contributed by atoms with E-state index in [0.717, 1.165) is 45.1 Å². The molecule has 0 spiro atoms. The Morgan fingerprint density at radius 3 is 1.93 bits per heavy atom. The normalized spacial score (nSPS) is 33.9. The average molecular weight is 397 g/mol. The highest BCUT2D eigenvalue weighted by molar-refractivity contribution is 4.89. The van der Waals surface area contributed by atoms with Gasteiger partial charge in [0.2, 0.25) is 0 Å². The topological polar surface area (TPSA) is 51.2 Å². The summed E-state index contributed by atoms with van der Waals surface area (Å²) in [5.74, 6) is 0. The van der Waals surface area contributed by atoms with E-state index in [1.165, 1.54) is 64.2 Å². The lowest BCUT2D eigenvalue weighted by atomic mass is 9.97. The van der Waals surface area contributed by atoms with E-state index in [1.54, 1.807) is 0 Å². The van der Waals surface area contributed by atoms with Gasteiger partial charge >= 0.3 is 0 Å².